The van der Waals surface area contributed by atoms with E-state index in [9.17, 15) is 9.59 Å². The molecule has 5 heteroatoms. The van der Waals surface area contributed by atoms with Crippen LogP contribution in [0, 0.1) is 0 Å². The van der Waals surface area contributed by atoms with Gasteiger partial charge in [-0.05, 0) is 19.4 Å². The first-order valence-corrected chi connectivity index (χ1v) is 8.54. The number of carbonyl (C=O) groups excluding carboxylic acids is 2. The van der Waals surface area contributed by atoms with Crippen LogP contribution >= 0.6 is 0 Å². The molecule has 0 radical (unpaired) electrons. The fraction of sp³-hybridized carbons (Fsp3) is 0.556. The van der Waals surface area contributed by atoms with E-state index in [4.69, 9.17) is 0 Å². The zero-order chi connectivity index (χ0) is 16.5. The van der Waals surface area contributed by atoms with E-state index in [0.29, 0.717) is 6.42 Å². The van der Waals surface area contributed by atoms with Crippen molar-refractivity contribution in [1.29, 1.82) is 0 Å². The number of hydrogen-bond donors (Lipinski definition) is 1. The van der Waals surface area contributed by atoms with E-state index in [1.165, 1.54) is 0 Å². The summed E-state index contributed by atoms with van der Waals surface area (Å²) in [6.45, 7) is 7.01. The number of rotatable bonds is 7. The van der Waals surface area contributed by atoms with Crippen molar-refractivity contribution in [1.82, 2.24) is 15.1 Å². The van der Waals surface area contributed by atoms with Crippen molar-refractivity contribution in [2.24, 2.45) is 0 Å². The number of amides is 2. The van der Waals surface area contributed by atoms with Crippen molar-refractivity contribution < 1.29 is 9.59 Å². The number of hydrogen-bond acceptors (Lipinski definition) is 3. The number of urea groups is 1. The number of nitrogens with one attached hydrogen (secondary N) is 1. The zero-order valence-corrected chi connectivity index (χ0v) is 14.0. The summed E-state index contributed by atoms with van der Waals surface area (Å²) in [5.74, 6) is 0.211. The minimum absolute atomic E-state index is 0.0470. The highest BCUT2D eigenvalue weighted by Crippen LogP contribution is 2.08. The van der Waals surface area contributed by atoms with E-state index in [1.54, 1.807) is 0 Å². The largest absolute Gasteiger partial charge is 0.338 e. The van der Waals surface area contributed by atoms with Crippen LogP contribution in [0.1, 0.15) is 36.5 Å². The highest BCUT2D eigenvalue weighted by molar-refractivity contribution is 5.95. The van der Waals surface area contributed by atoms with Gasteiger partial charge in [0.25, 0.3) is 0 Å². The fourth-order valence-electron chi connectivity index (χ4n) is 2.75. The van der Waals surface area contributed by atoms with Crippen molar-refractivity contribution in [2.75, 3.05) is 39.3 Å². The van der Waals surface area contributed by atoms with E-state index in [2.05, 4.69) is 17.1 Å². The number of nitrogens with zero attached hydrogens (tertiary/aromatic N) is 2. The second-order valence-corrected chi connectivity index (χ2v) is 5.95. The van der Waals surface area contributed by atoms with Crippen LogP contribution < -0.4 is 5.32 Å². The molecule has 1 aromatic carbocycles. The normalized spacial score (nSPS) is 15.4. The third-order valence-electron chi connectivity index (χ3n) is 4.16. The molecule has 0 saturated carbocycles. The predicted octanol–water partition coefficient (Wildman–Crippen LogP) is 2.39. The van der Waals surface area contributed by atoms with Gasteiger partial charge >= 0.3 is 6.03 Å². The van der Waals surface area contributed by atoms with E-state index in [1.807, 2.05) is 35.2 Å². The topological polar surface area (TPSA) is 52.7 Å². The fourth-order valence-corrected chi connectivity index (χ4v) is 2.75. The number of carbonyl (C=O) groups is 2. The Hall–Kier alpha value is -1.88. The molecule has 0 bridgehead atoms. The van der Waals surface area contributed by atoms with Crippen molar-refractivity contribution in [3.8, 4) is 0 Å². The molecule has 0 spiro atoms. The molecule has 1 aliphatic heterocycles. The van der Waals surface area contributed by atoms with Crippen LogP contribution in [-0.4, -0.2) is 60.9 Å². The summed E-state index contributed by atoms with van der Waals surface area (Å²) >= 11 is 0. The maximum atomic E-state index is 12.0. The van der Waals surface area contributed by atoms with Crippen molar-refractivity contribution in [3.05, 3.63) is 35.9 Å². The monoisotopic (exact) mass is 317 g/mol. The second kappa shape index (κ2) is 9.30. The van der Waals surface area contributed by atoms with Crippen LogP contribution in [0.15, 0.2) is 30.3 Å². The van der Waals surface area contributed by atoms with Crippen LogP contribution in [-0.2, 0) is 0 Å². The molecule has 1 fully saturated rings. The molecule has 1 N–H and O–H groups in total. The quantitative estimate of drug-likeness (QED) is 0.786. The molecule has 1 aromatic rings. The standard InChI is InChI=1S/C18H27N3O2/c1-2-10-19-18(23)21-14-12-20(13-15-21)11-6-9-17(22)16-7-4-3-5-8-16/h3-5,7-8H,2,6,9-15H2,1H3,(H,19,23). The third-order valence-corrected chi connectivity index (χ3v) is 4.16. The van der Waals surface area contributed by atoms with Gasteiger partial charge in [-0.15, -0.1) is 0 Å². The van der Waals surface area contributed by atoms with Gasteiger partial charge in [0.2, 0.25) is 0 Å². The second-order valence-electron chi connectivity index (χ2n) is 5.95. The summed E-state index contributed by atoms with van der Waals surface area (Å²) in [4.78, 5) is 28.1. The summed E-state index contributed by atoms with van der Waals surface area (Å²) in [5, 5.41) is 2.92. The number of Topliss-reactive ketones (excluding diaryl/α,β-unsaturated/α-hetero) is 1. The average molecular weight is 317 g/mol. The van der Waals surface area contributed by atoms with Crippen molar-refractivity contribution in [2.45, 2.75) is 26.2 Å². The molecule has 0 unspecified atom stereocenters. The molecule has 0 aliphatic carbocycles. The summed E-state index contributed by atoms with van der Waals surface area (Å²) in [7, 11) is 0. The maximum absolute atomic E-state index is 12.0. The molecule has 1 saturated heterocycles. The van der Waals surface area contributed by atoms with Crippen LogP contribution in [0.5, 0.6) is 0 Å². The van der Waals surface area contributed by atoms with Gasteiger partial charge in [0.05, 0.1) is 0 Å². The van der Waals surface area contributed by atoms with E-state index >= 15 is 0 Å². The lowest BCUT2D eigenvalue weighted by Gasteiger charge is -2.34. The molecule has 2 rings (SSSR count). The van der Waals surface area contributed by atoms with Gasteiger partial charge < -0.3 is 10.2 Å². The Morgan fingerprint density at radius 2 is 1.78 bits per heavy atom. The molecule has 0 aromatic heterocycles. The third kappa shape index (κ3) is 5.67. The lowest BCUT2D eigenvalue weighted by Crippen LogP contribution is -2.51. The summed E-state index contributed by atoms with van der Waals surface area (Å²) in [6, 6.07) is 9.51. The van der Waals surface area contributed by atoms with Gasteiger partial charge in [0.15, 0.2) is 5.78 Å². The zero-order valence-electron chi connectivity index (χ0n) is 14.0. The average Bonchev–Trinajstić information content (AvgIpc) is 2.61. The molecular formula is C18H27N3O2. The lowest BCUT2D eigenvalue weighted by atomic mass is 10.1. The van der Waals surface area contributed by atoms with Crippen molar-refractivity contribution >= 4 is 11.8 Å². The Morgan fingerprint density at radius 3 is 2.43 bits per heavy atom. The smallest absolute Gasteiger partial charge is 0.317 e. The first-order valence-electron chi connectivity index (χ1n) is 8.54. The van der Waals surface area contributed by atoms with Crippen LogP contribution in [0.4, 0.5) is 4.79 Å². The highest BCUT2D eigenvalue weighted by atomic mass is 16.2. The number of ketones is 1. The first kappa shape index (κ1) is 17.5. The highest BCUT2D eigenvalue weighted by Gasteiger charge is 2.20. The van der Waals surface area contributed by atoms with Gasteiger partial charge in [0, 0.05) is 44.7 Å². The molecule has 2 amide bonds. The molecule has 1 heterocycles. The van der Waals surface area contributed by atoms with Crippen LogP contribution in [0.25, 0.3) is 0 Å². The van der Waals surface area contributed by atoms with Gasteiger partial charge in [-0.25, -0.2) is 4.79 Å². The lowest BCUT2D eigenvalue weighted by molar-refractivity contribution is 0.0968. The van der Waals surface area contributed by atoms with E-state index < -0.39 is 0 Å². The van der Waals surface area contributed by atoms with E-state index in [-0.39, 0.29) is 11.8 Å². The van der Waals surface area contributed by atoms with Gasteiger partial charge in [-0.3, -0.25) is 9.69 Å². The minimum Gasteiger partial charge on any atom is -0.338 e. The number of benzene rings is 1. The first-order chi connectivity index (χ1) is 11.2. The Morgan fingerprint density at radius 1 is 1.09 bits per heavy atom. The molecule has 1 aliphatic rings. The van der Waals surface area contributed by atoms with Crippen molar-refractivity contribution in [3.63, 3.8) is 0 Å². The maximum Gasteiger partial charge on any atom is 0.317 e. The Kier molecular flexibility index (Phi) is 7.07. The van der Waals surface area contributed by atoms with E-state index in [0.717, 1.165) is 57.7 Å². The number of piperazine rings is 1. The Bertz CT molecular complexity index is 496. The summed E-state index contributed by atoms with van der Waals surface area (Å²) < 4.78 is 0. The molecule has 23 heavy (non-hydrogen) atoms. The Labute approximate surface area is 138 Å². The molecule has 0 atom stereocenters. The molecule has 5 nitrogen and oxygen atoms in total. The van der Waals surface area contributed by atoms with Gasteiger partial charge in [0.1, 0.15) is 0 Å². The molecule has 126 valence electrons. The molecular weight excluding hydrogens is 290 g/mol. The minimum atomic E-state index is 0.0470. The van der Waals surface area contributed by atoms with Crippen LogP contribution in [0.2, 0.25) is 0 Å². The van der Waals surface area contributed by atoms with Gasteiger partial charge in [-0.2, -0.15) is 0 Å². The predicted molar refractivity (Wildman–Crippen MR) is 91.7 cm³/mol. The Balaban J connectivity index is 1.63. The van der Waals surface area contributed by atoms with Crippen LogP contribution in [0.3, 0.4) is 0 Å². The SMILES string of the molecule is CCCNC(=O)N1CCN(CCCC(=O)c2ccccc2)CC1. The summed E-state index contributed by atoms with van der Waals surface area (Å²) in [6.07, 6.45) is 2.41. The summed E-state index contributed by atoms with van der Waals surface area (Å²) in [5.41, 5.74) is 0.796. The van der Waals surface area contributed by atoms with Gasteiger partial charge in [-0.1, -0.05) is 37.3 Å².